The summed E-state index contributed by atoms with van der Waals surface area (Å²) in [5.74, 6) is 0. The highest BCUT2D eigenvalue weighted by Gasteiger charge is 1.93. The normalized spacial score (nSPS) is 14.0. The van der Waals surface area contributed by atoms with Gasteiger partial charge in [0.2, 0.25) is 0 Å². The van der Waals surface area contributed by atoms with Crippen molar-refractivity contribution < 1.29 is 19.7 Å². The van der Waals surface area contributed by atoms with Gasteiger partial charge in [-0.25, -0.2) is 0 Å². The van der Waals surface area contributed by atoms with E-state index in [-0.39, 0.29) is 18.8 Å². The molecule has 15 heavy (non-hydrogen) atoms. The molecule has 4 nitrogen and oxygen atoms in total. The first-order valence-electron chi connectivity index (χ1n) is 5.47. The Balaban J connectivity index is 0. The van der Waals surface area contributed by atoms with Gasteiger partial charge in [-0.05, 0) is 26.7 Å². The Morgan fingerprint density at radius 1 is 1.27 bits per heavy atom. The molecule has 0 aliphatic carbocycles. The SMILES string of the molecule is CCCOCC(C)O.COC(C)CCO. The number of methoxy groups -OCH3 is 1. The smallest absolute Gasteiger partial charge is 0.0745 e. The van der Waals surface area contributed by atoms with Gasteiger partial charge in [-0.2, -0.15) is 0 Å². The Morgan fingerprint density at radius 3 is 2.13 bits per heavy atom. The Morgan fingerprint density at radius 2 is 1.87 bits per heavy atom. The molecule has 0 amide bonds. The van der Waals surface area contributed by atoms with Crippen molar-refractivity contribution >= 4 is 0 Å². The molecule has 0 fully saturated rings. The first-order chi connectivity index (χ1) is 7.08. The predicted octanol–water partition coefficient (Wildman–Crippen LogP) is 1.20. The van der Waals surface area contributed by atoms with Crippen molar-refractivity contribution in [1.82, 2.24) is 0 Å². The van der Waals surface area contributed by atoms with Crippen LogP contribution in [0.4, 0.5) is 0 Å². The fraction of sp³-hybridized carbons (Fsp3) is 1.00. The largest absolute Gasteiger partial charge is 0.396 e. The van der Waals surface area contributed by atoms with E-state index in [2.05, 4.69) is 0 Å². The zero-order chi connectivity index (χ0) is 12.1. The van der Waals surface area contributed by atoms with Crippen LogP contribution < -0.4 is 0 Å². The summed E-state index contributed by atoms with van der Waals surface area (Å²) in [6, 6.07) is 0. The van der Waals surface area contributed by atoms with E-state index in [9.17, 15) is 0 Å². The van der Waals surface area contributed by atoms with Gasteiger partial charge in [-0.15, -0.1) is 0 Å². The summed E-state index contributed by atoms with van der Waals surface area (Å²) in [6.07, 6.45) is 1.63. The summed E-state index contributed by atoms with van der Waals surface area (Å²) in [5.41, 5.74) is 0. The molecule has 0 aromatic carbocycles. The third-order valence-electron chi connectivity index (χ3n) is 1.65. The van der Waals surface area contributed by atoms with Crippen LogP contribution in [-0.2, 0) is 9.47 Å². The van der Waals surface area contributed by atoms with Gasteiger partial charge in [-0.1, -0.05) is 6.92 Å². The van der Waals surface area contributed by atoms with E-state index in [4.69, 9.17) is 19.7 Å². The lowest BCUT2D eigenvalue weighted by Gasteiger charge is -2.04. The van der Waals surface area contributed by atoms with E-state index in [1.165, 1.54) is 0 Å². The van der Waals surface area contributed by atoms with Gasteiger partial charge in [0.15, 0.2) is 0 Å². The van der Waals surface area contributed by atoms with E-state index in [1.54, 1.807) is 14.0 Å². The third-order valence-corrected chi connectivity index (χ3v) is 1.65. The molecule has 2 unspecified atom stereocenters. The first kappa shape index (κ1) is 17.2. The average Bonchev–Trinajstić information content (AvgIpc) is 2.19. The van der Waals surface area contributed by atoms with Crippen LogP contribution in [0.15, 0.2) is 0 Å². The summed E-state index contributed by atoms with van der Waals surface area (Å²) in [5, 5.41) is 16.9. The van der Waals surface area contributed by atoms with Gasteiger partial charge in [0.05, 0.1) is 18.8 Å². The molecule has 0 rings (SSSR count). The van der Waals surface area contributed by atoms with Crippen LogP contribution >= 0.6 is 0 Å². The van der Waals surface area contributed by atoms with Crippen molar-refractivity contribution in [3.8, 4) is 0 Å². The summed E-state index contributed by atoms with van der Waals surface area (Å²) in [4.78, 5) is 0. The van der Waals surface area contributed by atoms with Crippen LogP contribution in [0.5, 0.6) is 0 Å². The molecule has 0 heterocycles. The highest BCUT2D eigenvalue weighted by atomic mass is 16.5. The molecule has 0 aromatic heterocycles. The number of ether oxygens (including phenoxy) is 2. The van der Waals surface area contributed by atoms with Gasteiger partial charge in [0.25, 0.3) is 0 Å². The number of aliphatic hydroxyl groups excluding tert-OH is 2. The van der Waals surface area contributed by atoms with Crippen LogP contribution in [0, 0.1) is 0 Å². The van der Waals surface area contributed by atoms with Gasteiger partial charge in [-0.3, -0.25) is 0 Å². The minimum Gasteiger partial charge on any atom is -0.396 e. The molecule has 0 spiro atoms. The molecule has 0 saturated carbocycles. The third kappa shape index (κ3) is 20.0. The van der Waals surface area contributed by atoms with Gasteiger partial charge in [0, 0.05) is 20.3 Å². The molecule has 0 radical (unpaired) electrons. The Labute approximate surface area is 93.2 Å². The van der Waals surface area contributed by atoms with Crippen LogP contribution in [0.25, 0.3) is 0 Å². The van der Waals surface area contributed by atoms with Gasteiger partial charge < -0.3 is 19.7 Å². The topological polar surface area (TPSA) is 58.9 Å². The Kier molecular flexibility index (Phi) is 15.9. The molecular weight excluding hydrogens is 196 g/mol. The zero-order valence-electron chi connectivity index (χ0n) is 10.4. The monoisotopic (exact) mass is 222 g/mol. The minimum absolute atomic E-state index is 0.199. The van der Waals surface area contributed by atoms with Crippen molar-refractivity contribution in [2.75, 3.05) is 26.9 Å². The highest BCUT2D eigenvalue weighted by molar-refractivity contribution is 4.44. The maximum absolute atomic E-state index is 8.65. The first-order valence-corrected chi connectivity index (χ1v) is 5.47. The summed E-state index contributed by atoms with van der Waals surface area (Å²) < 4.78 is 9.82. The number of hydrogen-bond acceptors (Lipinski definition) is 4. The predicted molar refractivity (Wildman–Crippen MR) is 61.0 cm³/mol. The molecule has 0 aliphatic heterocycles. The molecule has 0 aliphatic rings. The fourth-order valence-corrected chi connectivity index (χ4v) is 0.698. The lowest BCUT2D eigenvalue weighted by atomic mass is 10.3. The van der Waals surface area contributed by atoms with E-state index < -0.39 is 0 Å². The van der Waals surface area contributed by atoms with Crippen molar-refractivity contribution in [1.29, 1.82) is 0 Å². The quantitative estimate of drug-likeness (QED) is 0.635. The fourth-order valence-electron chi connectivity index (χ4n) is 0.698. The van der Waals surface area contributed by atoms with Crippen LogP contribution in [-0.4, -0.2) is 49.4 Å². The standard InChI is InChI=1S/C6H14O2.C5H12O2/c1-3-4-8-5-6(2)7;1-5(7-2)3-4-6/h6-7H,3-5H2,1-2H3;5-6H,3-4H2,1-2H3. The van der Waals surface area contributed by atoms with Gasteiger partial charge in [0.1, 0.15) is 0 Å². The van der Waals surface area contributed by atoms with E-state index in [1.807, 2.05) is 13.8 Å². The van der Waals surface area contributed by atoms with Gasteiger partial charge >= 0.3 is 0 Å². The van der Waals surface area contributed by atoms with Crippen LogP contribution in [0.3, 0.4) is 0 Å². The lowest BCUT2D eigenvalue weighted by molar-refractivity contribution is 0.0466. The molecule has 0 saturated heterocycles. The number of aliphatic hydroxyl groups is 2. The number of rotatable bonds is 7. The van der Waals surface area contributed by atoms with E-state index in [0.29, 0.717) is 6.61 Å². The highest BCUT2D eigenvalue weighted by Crippen LogP contribution is 1.91. The maximum atomic E-state index is 8.65. The van der Waals surface area contributed by atoms with E-state index >= 15 is 0 Å². The molecule has 2 N–H and O–H groups in total. The second kappa shape index (κ2) is 13.8. The Hall–Kier alpha value is -0.160. The Bertz CT molecular complexity index is 107. The van der Waals surface area contributed by atoms with Crippen LogP contribution in [0.2, 0.25) is 0 Å². The van der Waals surface area contributed by atoms with Crippen molar-refractivity contribution in [2.45, 2.75) is 45.8 Å². The van der Waals surface area contributed by atoms with Crippen molar-refractivity contribution in [2.24, 2.45) is 0 Å². The second-order valence-corrected chi connectivity index (χ2v) is 3.48. The molecule has 0 bridgehead atoms. The van der Waals surface area contributed by atoms with E-state index in [0.717, 1.165) is 19.4 Å². The maximum Gasteiger partial charge on any atom is 0.0745 e. The zero-order valence-corrected chi connectivity index (χ0v) is 10.4. The lowest BCUT2D eigenvalue weighted by Crippen LogP contribution is -2.10. The summed E-state index contributed by atoms with van der Waals surface area (Å²) in [6.45, 7) is 7.13. The average molecular weight is 222 g/mol. The second-order valence-electron chi connectivity index (χ2n) is 3.48. The van der Waals surface area contributed by atoms with Crippen LogP contribution in [0.1, 0.15) is 33.6 Å². The molecule has 94 valence electrons. The molecule has 2 atom stereocenters. The molecule has 0 aromatic rings. The number of hydrogen-bond donors (Lipinski definition) is 2. The van der Waals surface area contributed by atoms with Crippen molar-refractivity contribution in [3.05, 3.63) is 0 Å². The summed E-state index contributed by atoms with van der Waals surface area (Å²) >= 11 is 0. The molecule has 4 heteroatoms. The molecular formula is C11H26O4. The summed E-state index contributed by atoms with van der Waals surface area (Å²) in [7, 11) is 1.64. The minimum atomic E-state index is -0.318. The van der Waals surface area contributed by atoms with Crippen molar-refractivity contribution in [3.63, 3.8) is 0 Å².